The molecule has 1 aromatic carbocycles. The SMILES string of the molecule is O=C(N/N=C\c1ccc(Br)s1)c1cc(-c2ccccc2)n[nH]1. The summed E-state index contributed by atoms with van der Waals surface area (Å²) >= 11 is 4.90. The van der Waals surface area contributed by atoms with E-state index in [4.69, 9.17) is 0 Å². The van der Waals surface area contributed by atoms with Gasteiger partial charge in [-0.25, -0.2) is 5.43 Å². The molecule has 0 bridgehead atoms. The van der Waals surface area contributed by atoms with E-state index in [9.17, 15) is 4.79 Å². The Kier molecular flexibility index (Phi) is 4.45. The summed E-state index contributed by atoms with van der Waals surface area (Å²) in [5.41, 5.74) is 4.50. The molecule has 5 nitrogen and oxygen atoms in total. The molecule has 2 heterocycles. The van der Waals surface area contributed by atoms with Gasteiger partial charge in [-0.1, -0.05) is 30.3 Å². The number of rotatable bonds is 4. The number of hydrazone groups is 1. The van der Waals surface area contributed by atoms with Gasteiger partial charge in [-0.3, -0.25) is 9.89 Å². The summed E-state index contributed by atoms with van der Waals surface area (Å²) in [5, 5.41) is 10.8. The number of halogens is 1. The highest BCUT2D eigenvalue weighted by molar-refractivity contribution is 9.11. The fraction of sp³-hybridized carbons (Fsp3) is 0. The van der Waals surface area contributed by atoms with Crippen molar-refractivity contribution in [2.75, 3.05) is 0 Å². The van der Waals surface area contributed by atoms with E-state index >= 15 is 0 Å². The summed E-state index contributed by atoms with van der Waals surface area (Å²) in [7, 11) is 0. The quantitative estimate of drug-likeness (QED) is 0.540. The summed E-state index contributed by atoms with van der Waals surface area (Å²) in [6, 6.07) is 15.2. The van der Waals surface area contributed by atoms with Crippen molar-refractivity contribution >= 4 is 39.4 Å². The predicted molar refractivity (Wildman–Crippen MR) is 91.1 cm³/mol. The van der Waals surface area contributed by atoms with E-state index in [1.165, 1.54) is 11.3 Å². The largest absolute Gasteiger partial charge is 0.289 e. The Morgan fingerprint density at radius 1 is 1.27 bits per heavy atom. The van der Waals surface area contributed by atoms with Gasteiger partial charge < -0.3 is 0 Å². The van der Waals surface area contributed by atoms with Gasteiger partial charge in [0.2, 0.25) is 0 Å². The molecule has 1 amide bonds. The van der Waals surface area contributed by atoms with Gasteiger partial charge in [0.1, 0.15) is 5.69 Å². The molecule has 0 atom stereocenters. The van der Waals surface area contributed by atoms with Crippen molar-refractivity contribution in [3.05, 3.63) is 62.9 Å². The Morgan fingerprint density at radius 2 is 2.09 bits per heavy atom. The van der Waals surface area contributed by atoms with Crippen molar-refractivity contribution in [1.29, 1.82) is 0 Å². The molecule has 110 valence electrons. The lowest BCUT2D eigenvalue weighted by atomic mass is 10.1. The number of amides is 1. The van der Waals surface area contributed by atoms with Crippen LogP contribution in [0.4, 0.5) is 0 Å². The molecule has 0 radical (unpaired) electrons. The number of aromatic nitrogens is 2. The van der Waals surface area contributed by atoms with Crippen LogP contribution in [0.5, 0.6) is 0 Å². The van der Waals surface area contributed by atoms with Gasteiger partial charge in [0.15, 0.2) is 0 Å². The zero-order valence-corrected chi connectivity index (χ0v) is 13.7. The number of H-pyrrole nitrogens is 1. The van der Waals surface area contributed by atoms with E-state index in [-0.39, 0.29) is 5.91 Å². The molecule has 0 aliphatic rings. The summed E-state index contributed by atoms with van der Waals surface area (Å²) in [6.07, 6.45) is 1.60. The van der Waals surface area contributed by atoms with E-state index < -0.39 is 0 Å². The van der Waals surface area contributed by atoms with Gasteiger partial charge in [-0.2, -0.15) is 10.2 Å². The van der Waals surface area contributed by atoms with Crippen LogP contribution < -0.4 is 5.43 Å². The van der Waals surface area contributed by atoms with Crippen molar-refractivity contribution in [1.82, 2.24) is 15.6 Å². The molecule has 0 saturated heterocycles. The highest BCUT2D eigenvalue weighted by atomic mass is 79.9. The Labute approximate surface area is 139 Å². The van der Waals surface area contributed by atoms with E-state index in [0.717, 1.165) is 19.9 Å². The zero-order valence-electron chi connectivity index (χ0n) is 11.3. The number of nitrogens with zero attached hydrogens (tertiary/aromatic N) is 2. The first-order chi connectivity index (χ1) is 10.7. The van der Waals surface area contributed by atoms with Gasteiger partial charge in [0.05, 0.1) is 15.7 Å². The Balaban J connectivity index is 1.66. The molecule has 0 unspecified atom stereocenters. The number of benzene rings is 1. The number of nitrogens with one attached hydrogen (secondary N) is 2. The normalized spacial score (nSPS) is 11.0. The average molecular weight is 375 g/mol. The first-order valence-corrected chi connectivity index (χ1v) is 8.03. The highest BCUT2D eigenvalue weighted by Gasteiger charge is 2.09. The second-order valence-corrected chi connectivity index (χ2v) is 6.87. The first kappa shape index (κ1) is 14.7. The van der Waals surface area contributed by atoms with Crippen LogP contribution in [0.1, 0.15) is 15.4 Å². The van der Waals surface area contributed by atoms with Crippen LogP contribution in [-0.2, 0) is 0 Å². The molecule has 0 aliphatic heterocycles. The third kappa shape index (κ3) is 3.49. The van der Waals surface area contributed by atoms with Crippen LogP contribution in [0.3, 0.4) is 0 Å². The van der Waals surface area contributed by atoms with Crippen LogP contribution in [-0.4, -0.2) is 22.3 Å². The van der Waals surface area contributed by atoms with Crippen molar-refractivity contribution in [3.8, 4) is 11.3 Å². The van der Waals surface area contributed by atoms with Crippen molar-refractivity contribution in [2.24, 2.45) is 5.10 Å². The Bertz CT molecular complexity index is 810. The molecule has 0 aliphatic carbocycles. The van der Waals surface area contributed by atoms with Gasteiger partial charge in [-0.15, -0.1) is 11.3 Å². The standard InChI is InChI=1S/C15H11BrN4OS/c16-14-7-6-11(22-14)9-17-20-15(21)13-8-12(18-19-13)10-4-2-1-3-5-10/h1-9H,(H,18,19)(H,20,21)/b17-9-. The second-order valence-electron chi connectivity index (χ2n) is 4.37. The fourth-order valence-electron chi connectivity index (χ4n) is 1.81. The molecule has 0 saturated carbocycles. The third-order valence-electron chi connectivity index (χ3n) is 2.84. The molecule has 3 aromatic rings. The molecule has 7 heteroatoms. The number of carbonyl (C=O) groups excluding carboxylic acids is 1. The molecule has 3 rings (SSSR count). The maximum Gasteiger partial charge on any atom is 0.289 e. The molecule has 2 aromatic heterocycles. The Hall–Kier alpha value is -2.25. The van der Waals surface area contributed by atoms with Crippen LogP contribution in [0.25, 0.3) is 11.3 Å². The van der Waals surface area contributed by atoms with Crippen molar-refractivity contribution in [3.63, 3.8) is 0 Å². The van der Waals surface area contributed by atoms with Crippen LogP contribution in [0.2, 0.25) is 0 Å². The third-order valence-corrected chi connectivity index (χ3v) is 4.40. The zero-order chi connectivity index (χ0) is 15.4. The molecule has 2 N–H and O–H groups in total. The minimum absolute atomic E-state index is 0.332. The predicted octanol–water partition coefficient (Wildman–Crippen LogP) is 3.66. The van der Waals surface area contributed by atoms with E-state index in [1.54, 1.807) is 12.3 Å². The first-order valence-electron chi connectivity index (χ1n) is 6.42. The lowest BCUT2D eigenvalue weighted by Gasteiger charge is -1.94. The second kappa shape index (κ2) is 6.67. The van der Waals surface area contributed by atoms with Gasteiger partial charge in [-0.05, 0) is 34.1 Å². The summed E-state index contributed by atoms with van der Waals surface area (Å²) < 4.78 is 1.02. The average Bonchev–Trinajstić information content (AvgIpc) is 3.17. The number of aromatic amines is 1. The summed E-state index contributed by atoms with van der Waals surface area (Å²) in [4.78, 5) is 12.9. The molecule has 22 heavy (non-hydrogen) atoms. The molecule has 0 fully saturated rings. The van der Waals surface area contributed by atoms with Crippen molar-refractivity contribution < 1.29 is 4.79 Å². The minimum Gasteiger partial charge on any atom is -0.272 e. The molecular formula is C15H11BrN4OS. The summed E-state index contributed by atoms with van der Waals surface area (Å²) in [5.74, 6) is -0.332. The smallest absolute Gasteiger partial charge is 0.272 e. The maximum absolute atomic E-state index is 12.0. The van der Waals surface area contributed by atoms with Crippen LogP contribution in [0, 0.1) is 0 Å². The minimum atomic E-state index is -0.332. The molecular weight excluding hydrogens is 364 g/mol. The highest BCUT2D eigenvalue weighted by Crippen LogP contribution is 2.20. The van der Waals surface area contributed by atoms with Crippen LogP contribution >= 0.6 is 27.3 Å². The van der Waals surface area contributed by atoms with Crippen LogP contribution in [0.15, 0.2) is 57.4 Å². The number of hydrogen-bond donors (Lipinski definition) is 2. The fourth-order valence-corrected chi connectivity index (χ4v) is 3.10. The van der Waals surface area contributed by atoms with E-state index in [1.807, 2.05) is 42.5 Å². The molecule has 0 spiro atoms. The van der Waals surface area contributed by atoms with Gasteiger partial charge in [0, 0.05) is 10.4 Å². The number of hydrogen-bond acceptors (Lipinski definition) is 4. The van der Waals surface area contributed by atoms with Crippen molar-refractivity contribution in [2.45, 2.75) is 0 Å². The van der Waals surface area contributed by atoms with Gasteiger partial charge in [0.25, 0.3) is 5.91 Å². The monoisotopic (exact) mass is 374 g/mol. The Morgan fingerprint density at radius 3 is 2.82 bits per heavy atom. The van der Waals surface area contributed by atoms with E-state index in [2.05, 4.69) is 36.7 Å². The lowest BCUT2D eigenvalue weighted by molar-refractivity contribution is 0.0950. The van der Waals surface area contributed by atoms with Gasteiger partial charge >= 0.3 is 0 Å². The van der Waals surface area contributed by atoms with E-state index in [0.29, 0.717) is 5.69 Å². The number of thiophene rings is 1. The topological polar surface area (TPSA) is 70.1 Å². The lowest BCUT2D eigenvalue weighted by Crippen LogP contribution is -2.17. The summed E-state index contributed by atoms with van der Waals surface area (Å²) in [6.45, 7) is 0. The number of carbonyl (C=O) groups is 1. The maximum atomic E-state index is 12.0.